The van der Waals surface area contributed by atoms with Crippen LogP contribution in [0.25, 0.3) is 0 Å². The minimum Gasteiger partial charge on any atom is -0.352 e. The Kier molecular flexibility index (Phi) is 7.17. The molecule has 0 atom stereocenters. The first-order valence-electron chi connectivity index (χ1n) is 9.81. The summed E-state index contributed by atoms with van der Waals surface area (Å²) in [7, 11) is 0. The summed E-state index contributed by atoms with van der Waals surface area (Å²) in [6.45, 7) is 7.43. The van der Waals surface area contributed by atoms with Gasteiger partial charge in [0, 0.05) is 50.5 Å². The first-order chi connectivity index (χ1) is 13.6. The van der Waals surface area contributed by atoms with E-state index < -0.39 is 0 Å². The van der Waals surface area contributed by atoms with Crippen LogP contribution in [0.5, 0.6) is 0 Å². The number of piperazine rings is 1. The van der Waals surface area contributed by atoms with Crippen LogP contribution in [-0.4, -0.2) is 60.9 Å². The number of carbonyl (C=O) groups excluding carboxylic acids is 2. The van der Waals surface area contributed by atoms with Crippen molar-refractivity contribution >= 4 is 17.5 Å². The van der Waals surface area contributed by atoms with Gasteiger partial charge < -0.3 is 10.6 Å². The Morgan fingerprint density at radius 2 is 1.64 bits per heavy atom. The van der Waals surface area contributed by atoms with E-state index in [4.69, 9.17) is 0 Å². The fourth-order valence-electron chi connectivity index (χ4n) is 3.35. The molecule has 1 fully saturated rings. The lowest BCUT2D eigenvalue weighted by atomic mass is 10.2. The van der Waals surface area contributed by atoms with Crippen molar-refractivity contribution in [2.45, 2.75) is 13.5 Å². The lowest BCUT2D eigenvalue weighted by Gasteiger charge is -2.34. The maximum Gasteiger partial charge on any atom is 0.251 e. The summed E-state index contributed by atoms with van der Waals surface area (Å²) in [4.78, 5) is 28.9. The molecule has 0 saturated carbocycles. The first kappa shape index (κ1) is 20.0. The molecule has 2 aromatic carbocycles. The molecule has 28 heavy (non-hydrogen) atoms. The van der Waals surface area contributed by atoms with Gasteiger partial charge in [-0.1, -0.05) is 36.4 Å². The predicted molar refractivity (Wildman–Crippen MR) is 111 cm³/mol. The van der Waals surface area contributed by atoms with Gasteiger partial charge in [-0.2, -0.15) is 0 Å². The third-order valence-electron chi connectivity index (χ3n) is 4.83. The fourth-order valence-corrected chi connectivity index (χ4v) is 3.35. The average molecular weight is 380 g/mol. The molecule has 0 spiro atoms. The van der Waals surface area contributed by atoms with E-state index in [2.05, 4.69) is 44.7 Å². The molecule has 6 nitrogen and oxygen atoms in total. The van der Waals surface area contributed by atoms with Crippen molar-refractivity contribution in [3.8, 4) is 0 Å². The molecule has 1 aliphatic heterocycles. The predicted octanol–water partition coefficient (Wildman–Crippen LogP) is 2.19. The molecular weight excluding hydrogens is 352 g/mol. The monoisotopic (exact) mass is 380 g/mol. The molecule has 1 aliphatic rings. The highest BCUT2D eigenvalue weighted by atomic mass is 16.2. The molecule has 1 heterocycles. The number of hydrogen-bond donors (Lipinski definition) is 2. The number of nitrogens with zero attached hydrogens (tertiary/aromatic N) is 2. The van der Waals surface area contributed by atoms with Gasteiger partial charge in [0.1, 0.15) is 0 Å². The lowest BCUT2D eigenvalue weighted by Crippen LogP contribution is -2.48. The zero-order valence-corrected chi connectivity index (χ0v) is 16.4. The fraction of sp³-hybridized carbons (Fsp3) is 0.364. The highest BCUT2D eigenvalue weighted by molar-refractivity contribution is 5.97. The van der Waals surface area contributed by atoms with Crippen LogP contribution in [0.2, 0.25) is 0 Å². The third kappa shape index (κ3) is 5.90. The Morgan fingerprint density at radius 1 is 0.929 bits per heavy atom. The molecule has 0 aromatic heterocycles. The van der Waals surface area contributed by atoms with E-state index in [0.717, 1.165) is 32.7 Å². The molecule has 1 saturated heterocycles. The van der Waals surface area contributed by atoms with Crippen LogP contribution in [-0.2, 0) is 11.3 Å². The maximum atomic E-state index is 12.4. The van der Waals surface area contributed by atoms with E-state index in [1.54, 1.807) is 24.3 Å². The van der Waals surface area contributed by atoms with Crippen LogP contribution in [0.4, 0.5) is 5.69 Å². The van der Waals surface area contributed by atoms with Gasteiger partial charge in [0.2, 0.25) is 5.91 Å². The summed E-state index contributed by atoms with van der Waals surface area (Å²) < 4.78 is 0. The number of hydrogen-bond acceptors (Lipinski definition) is 4. The molecule has 0 aliphatic carbocycles. The summed E-state index contributed by atoms with van der Waals surface area (Å²) in [5.41, 5.74) is 2.52. The molecule has 0 unspecified atom stereocenters. The first-order valence-corrected chi connectivity index (χ1v) is 9.81. The van der Waals surface area contributed by atoms with E-state index in [0.29, 0.717) is 24.3 Å². The van der Waals surface area contributed by atoms with Gasteiger partial charge in [0.15, 0.2) is 0 Å². The number of benzene rings is 2. The molecule has 2 N–H and O–H groups in total. The molecule has 3 rings (SSSR count). The average Bonchev–Trinajstić information content (AvgIpc) is 2.70. The Hall–Kier alpha value is -2.70. The molecule has 2 amide bonds. The van der Waals surface area contributed by atoms with Crippen molar-refractivity contribution in [3.63, 3.8) is 0 Å². The number of nitrogens with one attached hydrogen (secondary N) is 2. The van der Waals surface area contributed by atoms with Gasteiger partial charge in [0.05, 0.1) is 6.54 Å². The second kappa shape index (κ2) is 10.0. The number of rotatable bonds is 7. The van der Waals surface area contributed by atoms with Crippen molar-refractivity contribution in [1.29, 1.82) is 0 Å². The van der Waals surface area contributed by atoms with Gasteiger partial charge in [-0.05, 0) is 30.7 Å². The smallest absolute Gasteiger partial charge is 0.251 e. The van der Waals surface area contributed by atoms with Gasteiger partial charge >= 0.3 is 0 Å². The van der Waals surface area contributed by atoms with Crippen molar-refractivity contribution in [1.82, 2.24) is 15.1 Å². The van der Waals surface area contributed by atoms with Crippen LogP contribution in [0.1, 0.15) is 22.8 Å². The van der Waals surface area contributed by atoms with Crippen LogP contribution in [0.15, 0.2) is 54.6 Å². The van der Waals surface area contributed by atoms with Crippen molar-refractivity contribution in [3.05, 3.63) is 65.7 Å². The maximum absolute atomic E-state index is 12.4. The SMILES string of the molecule is CCNC(=O)c1cccc(NC(=O)CN2CCN(Cc3ccccc3)CC2)c1. The largest absolute Gasteiger partial charge is 0.352 e. The summed E-state index contributed by atoms with van der Waals surface area (Å²) in [6.07, 6.45) is 0. The van der Waals surface area contributed by atoms with E-state index in [9.17, 15) is 9.59 Å². The second-order valence-electron chi connectivity index (χ2n) is 7.03. The van der Waals surface area contributed by atoms with Gasteiger partial charge in [-0.15, -0.1) is 0 Å². The minimum absolute atomic E-state index is 0.0513. The number of anilines is 1. The third-order valence-corrected chi connectivity index (χ3v) is 4.83. The topological polar surface area (TPSA) is 64.7 Å². The van der Waals surface area contributed by atoms with Crippen molar-refractivity contribution in [2.24, 2.45) is 0 Å². The molecule has 148 valence electrons. The Morgan fingerprint density at radius 3 is 2.36 bits per heavy atom. The van der Waals surface area contributed by atoms with E-state index in [-0.39, 0.29) is 11.8 Å². The zero-order chi connectivity index (χ0) is 19.8. The molecule has 2 aromatic rings. The molecular formula is C22H28N4O2. The highest BCUT2D eigenvalue weighted by Crippen LogP contribution is 2.12. The number of carbonyl (C=O) groups is 2. The van der Waals surface area contributed by atoms with Gasteiger partial charge in [-0.25, -0.2) is 0 Å². The Bertz CT molecular complexity index is 786. The number of amides is 2. The van der Waals surface area contributed by atoms with E-state index >= 15 is 0 Å². The molecule has 0 bridgehead atoms. The zero-order valence-electron chi connectivity index (χ0n) is 16.4. The van der Waals surface area contributed by atoms with Crippen LogP contribution >= 0.6 is 0 Å². The molecule has 6 heteroatoms. The normalized spacial score (nSPS) is 15.2. The summed E-state index contributed by atoms with van der Waals surface area (Å²) in [6, 6.07) is 17.5. The summed E-state index contributed by atoms with van der Waals surface area (Å²) in [5.74, 6) is -0.183. The summed E-state index contributed by atoms with van der Waals surface area (Å²) in [5, 5.41) is 5.67. The van der Waals surface area contributed by atoms with Crippen molar-refractivity contribution in [2.75, 3.05) is 44.6 Å². The van der Waals surface area contributed by atoms with Crippen LogP contribution in [0, 0.1) is 0 Å². The Labute approximate surface area is 166 Å². The van der Waals surface area contributed by atoms with Gasteiger partial charge in [0.25, 0.3) is 5.91 Å². The van der Waals surface area contributed by atoms with E-state index in [1.807, 2.05) is 13.0 Å². The second-order valence-corrected chi connectivity index (χ2v) is 7.03. The molecule has 0 radical (unpaired) electrons. The van der Waals surface area contributed by atoms with Gasteiger partial charge in [-0.3, -0.25) is 19.4 Å². The lowest BCUT2D eigenvalue weighted by molar-refractivity contribution is -0.117. The van der Waals surface area contributed by atoms with Crippen LogP contribution < -0.4 is 10.6 Å². The highest BCUT2D eigenvalue weighted by Gasteiger charge is 2.19. The quantitative estimate of drug-likeness (QED) is 0.773. The minimum atomic E-state index is -0.131. The standard InChI is InChI=1S/C22H28N4O2/c1-2-23-22(28)19-9-6-10-20(15-19)24-21(27)17-26-13-11-25(12-14-26)16-18-7-4-3-5-8-18/h3-10,15H,2,11-14,16-17H2,1H3,(H,23,28)(H,24,27). The van der Waals surface area contributed by atoms with Crippen molar-refractivity contribution < 1.29 is 9.59 Å². The Balaban J connectivity index is 1.45. The van der Waals surface area contributed by atoms with E-state index in [1.165, 1.54) is 5.56 Å². The van der Waals surface area contributed by atoms with Crippen LogP contribution in [0.3, 0.4) is 0 Å². The summed E-state index contributed by atoms with van der Waals surface area (Å²) >= 11 is 0.